The molecule has 1 rings (SSSR count). The molecule has 6 nitrogen and oxygen atoms in total. The Morgan fingerprint density at radius 3 is 2.57 bits per heavy atom. The summed E-state index contributed by atoms with van der Waals surface area (Å²) in [6.45, 7) is 1.62. The van der Waals surface area contributed by atoms with E-state index in [1.54, 1.807) is 6.92 Å². The van der Waals surface area contributed by atoms with Crippen LogP contribution in [0.25, 0.3) is 0 Å². The average Bonchev–Trinajstić information content (AvgIpc) is 2.46. The second-order valence-corrected chi connectivity index (χ2v) is 4.88. The molecular weight excluding hydrogens is 310 g/mol. The molecule has 2 N–H and O–H groups in total. The molecule has 0 aromatic heterocycles. The van der Waals surface area contributed by atoms with E-state index in [1.807, 2.05) is 0 Å². The molecule has 0 spiro atoms. The smallest absolute Gasteiger partial charge is 0.307 e. The molecule has 1 aromatic rings. The van der Waals surface area contributed by atoms with Gasteiger partial charge in [0, 0.05) is 25.1 Å². The Morgan fingerprint density at radius 1 is 1.26 bits per heavy atom. The van der Waals surface area contributed by atoms with Gasteiger partial charge in [0.25, 0.3) is 5.91 Å². The van der Waals surface area contributed by atoms with E-state index in [4.69, 9.17) is 0 Å². The molecule has 8 heteroatoms. The van der Waals surface area contributed by atoms with Crippen LogP contribution in [0.15, 0.2) is 18.2 Å². The summed E-state index contributed by atoms with van der Waals surface area (Å²) in [5, 5.41) is 4.92. The summed E-state index contributed by atoms with van der Waals surface area (Å²) in [7, 11) is 1.25. The molecule has 2 amide bonds. The highest BCUT2D eigenvalue weighted by molar-refractivity contribution is 5.94. The molecule has 1 aromatic carbocycles. The van der Waals surface area contributed by atoms with Crippen LogP contribution >= 0.6 is 0 Å². The van der Waals surface area contributed by atoms with Gasteiger partial charge in [0.2, 0.25) is 5.91 Å². The Balaban J connectivity index is 2.37. The fourth-order valence-corrected chi connectivity index (χ4v) is 1.79. The van der Waals surface area contributed by atoms with Crippen molar-refractivity contribution in [2.24, 2.45) is 0 Å². The normalized spacial score (nSPS) is 11.5. The maximum absolute atomic E-state index is 13.4. The Labute approximate surface area is 132 Å². The summed E-state index contributed by atoms with van der Waals surface area (Å²) in [6.07, 6.45) is -0.00451. The van der Waals surface area contributed by atoms with E-state index in [2.05, 4.69) is 15.4 Å². The molecule has 1 unspecified atom stereocenters. The Kier molecular flexibility index (Phi) is 7.11. The van der Waals surface area contributed by atoms with E-state index in [0.29, 0.717) is 6.07 Å². The van der Waals surface area contributed by atoms with Crippen molar-refractivity contribution in [2.45, 2.75) is 25.8 Å². The summed E-state index contributed by atoms with van der Waals surface area (Å²) in [4.78, 5) is 34.3. The first-order chi connectivity index (χ1) is 10.8. The van der Waals surface area contributed by atoms with Crippen LogP contribution in [0.2, 0.25) is 0 Å². The molecule has 0 aliphatic rings. The van der Waals surface area contributed by atoms with Gasteiger partial charge < -0.3 is 15.4 Å². The standard InChI is InChI=1S/C15H18F2N2O4/c1-9(7-14(21)23-2)19-13(20)5-6-18-15(22)11-4-3-10(16)8-12(11)17/h3-4,8-9H,5-7H2,1-2H3,(H,18,22)(H,19,20). The number of esters is 1. The number of methoxy groups -OCH3 is 1. The third kappa shape index (κ3) is 6.41. The van der Waals surface area contributed by atoms with Crippen molar-refractivity contribution in [3.8, 4) is 0 Å². The maximum atomic E-state index is 13.4. The van der Waals surface area contributed by atoms with Crippen molar-refractivity contribution in [1.82, 2.24) is 10.6 Å². The number of rotatable bonds is 7. The fraction of sp³-hybridized carbons (Fsp3) is 0.400. The lowest BCUT2D eigenvalue weighted by molar-refractivity contribution is -0.141. The van der Waals surface area contributed by atoms with Crippen molar-refractivity contribution >= 4 is 17.8 Å². The zero-order valence-electron chi connectivity index (χ0n) is 12.8. The molecule has 0 radical (unpaired) electrons. The van der Waals surface area contributed by atoms with Crippen molar-refractivity contribution < 1.29 is 27.9 Å². The predicted molar refractivity (Wildman–Crippen MR) is 77.5 cm³/mol. The van der Waals surface area contributed by atoms with Crippen LogP contribution in [0.3, 0.4) is 0 Å². The van der Waals surface area contributed by atoms with E-state index in [0.717, 1.165) is 12.1 Å². The second-order valence-electron chi connectivity index (χ2n) is 4.88. The second kappa shape index (κ2) is 8.82. The highest BCUT2D eigenvalue weighted by atomic mass is 19.1. The minimum atomic E-state index is -0.973. The van der Waals surface area contributed by atoms with Crippen LogP contribution in [-0.4, -0.2) is 37.5 Å². The van der Waals surface area contributed by atoms with Gasteiger partial charge in [-0.3, -0.25) is 14.4 Å². The van der Waals surface area contributed by atoms with E-state index in [9.17, 15) is 23.2 Å². The van der Waals surface area contributed by atoms with E-state index < -0.39 is 29.6 Å². The van der Waals surface area contributed by atoms with Crippen LogP contribution in [0.5, 0.6) is 0 Å². The average molecular weight is 328 g/mol. The lowest BCUT2D eigenvalue weighted by Gasteiger charge is -2.12. The maximum Gasteiger partial charge on any atom is 0.307 e. The summed E-state index contributed by atoms with van der Waals surface area (Å²) >= 11 is 0. The van der Waals surface area contributed by atoms with Gasteiger partial charge in [-0.15, -0.1) is 0 Å². The van der Waals surface area contributed by atoms with Gasteiger partial charge in [-0.25, -0.2) is 8.78 Å². The quantitative estimate of drug-likeness (QED) is 0.736. The van der Waals surface area contributed by atoms with Gasteiger partial charge in [-0.05, 0) is 19.1 Å². The van der Waals surface area contributed by atoms with Crippen molar-refractivity contribution in [3.63, 3.8) is 0 Å². The largest absolute Gasteiger partial charge is 0.469 e. The van der Waals surface area contributed by atoms with Crippen LogP contribution in [-0.2, 0) is 14.3 Å². The summed E-state index contributed by atoms with van der Waals surface area (Å²) in [5.41, 5.74) is -0.300. The summed E-state index contributed by atoms with van der Waals surface area (Å²) in [5.74, 6) is -3.31. The van der Waals surface area contributed by atoms with E-state index >= 15 is 0 Å². The third-order valence-corrected chi connectivity index (χ3v) is 2.92. The molecule has 0 aliphatic heterocycles. The minimum absolute atomic E-state index is 0.0214. The lowest BCUT2D eigenvalue weighted by atomic mass is 10.2. The van der Waals surface area contributed by atoms with Crippen LogP contribution < -0.4 is 10.6 Å². The van der Waals surface area contributed by atoms with Crippen molar-refractivity contribution in [1.29, 1.82) is 0 Å². The van der Waals surface area contributed by atoms with Gasteiger partial charge in [0.1, 0.15) is 11.6 Å². The molecule has 0 aliphatic carbocycles. The van der Waals surface area contributed by atoms with Gasteiger partial charge in [-0.1, -0.05) is 0 Å². The van der Waals surface area contributed by atoms with E-state index in [1.165, 1.54) is 7.11 Å². The number of halogens is 2. The number of benzene rings is 1. The number of amides is 2. The predicted octanol–water partition coefficient (Wildman–Crippen LogP) is 1.15. The fourth-order valence-electron chi connectivity index (χ4n) is 1.79. The minimum Gasteiger partial charge on any atom is -0.469 e. The van der Waals surface area contributed by atoms with Gasteiger partial charge in [-0.2, -0.15) is 0 Å². The monoisotopic (exact) mass is 328 g/mol. The number of carbonyl (C=O) groups is 3. The zero-order valence-corrected chi connectivity index (χ0v) is 12.8. The van der Waals surface area contributed by atoms with Crippen LogP contribution in [0.1, 0.15) is 30.1 Å². The van der Waals surface area contributed by atoms with Crippen LogP contribution in [0, 0.1) is 11.6 Å². The number of ether oxygens (including phenoxy) is 1. The summed E-state index contributed by atoms with van der Waals surface area (Å²) < 4.78 is 30.6. The first-order valence-electron chi connectivity index (χ1n) is 6.93. The molecule has 0 heterocycles. The Bertz CT molecular complexity index is 593. The highest BCUT2D eigenvalue weighted by Gasteiger charge is 2.14. The molecule has 0 saturated heterocycles. The number of nitrogens with one attached hydrogen (secondary N) is 2. The number of hydrogen-bond donors (Lipinski definition) is 2. The molecule has 0 fully saturated rings. The topological polar surface area (TPSA) is 84.5 Å². The highest BCUT2D eigenvalue weighted by Crippen LogP contribution is 2.09. The Hall–Kier alpha value is -2.51. The van der Waals surface area contributed by atoms with Gasteiger partial charge in [0.05, 0.1) is 19.1 Å². The number of hydrogen-bond acceptors (Lipinski definition) is 4. The molecular formula is C15H18F2N2O4. The molecule has 0 saturated carbocycles. The van der Waals surface area contributed by atoms with Gasteiger partial charge in [0.15, 0.2) is 0 Å². The van der Waals surface area contributed by atoms with Crippen LogP contribution in [0.4, 0.5) is 8.78 Å². The molecule has 1 atom stereocenters. The van der Waals surface area contributed by atoms with Crippen molar-refractivity contribution in [3.05, 3.63) is 35.4 Å². The number of carbonyl (C=O) groups excluding carboxylic acids is 3. The van der Waals surface area contributed by atoms with E-state index in [-0.39, 0.29) is 30.9 Å². The molecule has 23 heavy (non-hydrogen) atoms. The molecule has 0 bridgehead atoms. The zero-order chi connectivity index (χ0) is 17.4. The summed E-state index contributed by atoms with van der Waals surface area (Å²) in [6, 6.07) is 2.20. The Morgan fingerprint density at radius 2 is 1.96 bits per heavy atom. The first kappa shape index (κ1) is 18.5. The lowest BCUT2D eigenvalue weighted by Crippen LogP contribution is -2.37. The molecule has 126 valence electrons. The SMILES string of the molecule is COC(=O)CC(C)NC(=O)CCNC(=O)c1ccc(F)cc1F. The first-order valence-corrected chi connectivity index (χ1v) is 6.93. The van der Waals surface area contributed by atoms with Crippen molar-refractivity contribution in [2.75, 3.05) is 13.7 Å². The van der Waals surface area contributed by atoms with Gasteiger partial charge >= 0.3 is 5.97 Å². The third-order valence-electron chi connectivity index (χ3n) is 2.92.